The highest BCUT2D eigenvalue weighted by atomic mass is 16.5. The van der Waals surface area contributed by atoms with E-state index in [1.54, 1.807) is 0 Å². The Hall–Kier alpha value is -4.80. The van der Waals surface area contributed by atoms with Crippen molar-refractivity contribution in [2.75, 3.05) is 0 Å². The average Bonchev–Trinajstić information content (AvgIpc) is 2.73. The maximum Gasteiger partial charge on any atom is 0.344 e. The fourth-order valence-electron chi connectivity index (χ4n) is 3.40. The first-order valence-corrected chi connectivity index (χ1v) is 8.54. The van der Waals surface area contributed by atoms with E-state index in [0.29, 0.717) is 0 Å². The molecule has 11 heteroatoms. The highest BCUT2D eigenvalue weighted by molar-refractivity contribution is 6.22. The lowest BCUT2D eigenvalue weighted by molar-refractivity contribution is 0.344. The molecule has 0 aliphatic carbocycles. The summed E-state index contributed by atoms with van der Waals surface area (Å²) in [5.41, 5.74) is -2.98. The van der Waals surface area contributed by atoms with Crippen molar-refractivity contribution in [3.05, 3.63) is 45.1 Å². The third kappa shape index (κ3) is 2.34. The lowest BCUT2D eigenvalue weighted by atomic mass is 10.0. The van der Waals surface area contributed by atoms with Gasteiger partial charge < -0.3 is 44.2 Å². The van der Waals surface area contributed by atoms with E-state index in [4.69, 9.17) is 13.6 Å². The van der Waals surface area contributed by atoms with Crippen LogP contribution >= 0.6 is 0 Å². The first-order valence-electron chi connectivity index (χ1n) is 8.54. The molecule has 0 atom stereocenters. The van der Waals surface area contributed by atoms with Gasteiger partial charge in [0.2, 0.25) is 23.0 Å². The Balaban J connectivity index is 1.89. The van der Waals surface area contributed by atoms with E-state index in [-0.39, 0.29) is 21.5 Å². The molecular weight excluding hydrogens is 416 g/mol. The summed E-state index contributed by atoms with van der Waals surface area (Å²) >= 11 is 0. The van der Waals surface area contributed by atoms with Crippen molar-refractivity contribution >= 4 is 32.7 Å². The van der Waals surface area contributed by atoms with Gasteiger partial charge in [-0.15, -0.1) is 0 Å². The van der Waals surface area contributed by atoms with Crippen molar-refractivity contribution in [2.24, 2.45) is 0 Å². The first-order chi connectivity index (χ1) is 14.7. The van der Waals surface area contributed by atoms with Crippen LogP contribution in [-0.4, -0.2) is 30.6 Å². The van der Waals surface area contributed by atoms with Crippen LogP contribution in [-0.2, 0) is 0 Å². The lowest BCUT2D eigenvalue weighted by Gasteiger charge is -2.14. The second-order valence-electron chi connectivity index (χ2n) is 6.63. The fraction of sp³-hybridized carbons (Fsp3) is 0. The maximum absolute atomic E-state index is 12.5. The van der Waals surface area contributed by atoms with Gasteiger partial charge in [-0.3, -0.25) is 0 Å². The molecule has 0 spiro atoms. The van der Waals surface area contributed by atoms with Crippen molar-refractivity contribution in [1.29, 1.82) is 0 Å². The van der Waals surface area contributed by atoms with Crippen LogP contribution in [0, 0.1) is 0 Å². The molecule has 11 nitrogen and oxygen atoms in total. The van der Waals surface area contributed by atoms with Crippen LogP contribution < -0.4 is 16.0 Å². The van der Waals surface area contributed by atoms with Crippen molar-refractivity contribution in [3.63, 3.8) is 0 Å². The molecular formula is C20H10O11. The average molecular weight is 426 g/mol. The molecule has 0 saturated heterocycles. The Labute approximate surface area is 168 Å². The van der Waals surface area contributed by atoms with Gasteiger partial charge in [-0.25, -0.2) is 9.59 Å². The second-order valence-corrected chi connectivity index (χ2v) is 6.63. The van der Waals surface area contributed by atoms with Gasteiger partial charge in [0.25, 0.3) is 0 Å². The van der Waals surface area contributed by atoms with Gasteiger partial charge >= 0.3 is 11.3 Å². The third-order valence-corrected chi connectivity index (χ3v) is 4.85. The van der Waals surface area contributed by atoms with E-state index in [0.717, 1.165) is 24.3 Å². The molecule has 5 aromatic rings. The van der Waals surface area contributed by atoms with E-state index >= 15 is 0 Å². The summed E-state index contributed by atoms with van der Waals surface area (Å²) in [6.07, 6.45) is 0. The van der Waals surface area contributed by atoms with Gasteiger partial charge in [-0.2, -0.15) is 0 Å². The molecule has 0 amide bonds. The number of benzene rings is 3. The van der Waals surface area contributed by atoms with Gasteiger partial charge in [-0.1, -0.05) is 0 Å². The summed E-state index contributed by atoms with van der Waals surface area (Å²) in [6, 6.07) is 4.06. The Morgan fingerprint density at radius 1 is 0.613 bits per heavy atom. The predicted octanol–water partition coefficient (Wildman–Crippen LogP) is 2.52. The lowest BCUT2D eigenvalue weighted by Crippen LogP contribution is -2.07. The van der Waals surface area contributed by atoms with E-state index in [9.17, 15) is 40.2 Å². The van der Waals surface area contributed by atoms with Crippen LogP contribution in [0.5, 0.6) is 46.0 Å². The number of phenolic OH excluding ortho intramolecular Hbond substituents is 6. The molecule has 31 heavy (non-hydrogen) atoms. The summed E-state index contributed by atoms with van der Waals surface area (Å²) in [7, 11) is 0. The van der Waals surface area contributed by atoms with Crippen LogP contribution in [0.1, 0.15) is 0 Å². The van der Waals surface area contributed by atoms with Crippen molar-refractivity contribution in [1.82, 2.24) is 0 Å². The van der Waals surface area contributed by atoms with Gasteiger partial charge in [0.1, 0.15) is 0 Å². The summed E-state index contributed by atoms with van der Waals surface area (Å²) in [5.74, 6) is -5.42. The van der Waals surface area contributed by atoms with E-state index in [1.807, 2.05) is 0 Å². The first kappa shape index (κ1) is 18.2. The molecule has 0 unspecified atom stereocenters. The minimum absolute atomic E-state index is 0.0666. The summed E-state index contributed by atoms with van der Waals surface area (Å²) in [4.78, 5) is 25.0. The molecule has 2 aromatic heterocycles. The number of hydrogen-bond donors (Lipinski definition) is 6. The van der Waals surface area contributed by atoms with Crippen molar-refractivity contribution in [2.45, 2.75) is 0 Å². The zero-order valence-corrected chi connectivity index (χ0v) is 15.0. The van der Waals surface area contributed by atoms with Crippen molar-refractivity contribution < 1.29 is 44.2 Å². The van der Waals surface area contributed by atoms with Gasteiger partial charge in [0, 0.05) is 16.8 Å². The largest absolute Gasteiger partial charge is 0.504 e. The number of ether oxygens (including phenoxy) is 1. The molecule has 5 rings (SSSR count). The van der Waals surface area contributed by atoms with Crippen molar-refractivity contribution in [3.8, 4) is 46.0 Å². The number of aromatic hydroxyl groups is 6. The van der Waals surface area contributed by atoms with Crippen LogP contribution in [0.15, 0.2) is 42.7 Å². The van der Waals surface area contributed by atoms with E-state index in [2.05, 4.69) is 0 Å². The molecule has 0 bridgehead atoms. The van der Waals surface area contributed by atoms with Crippen LogP contribution in [0.4, 0.5) is 0 Å². The standard InChI is InChI=1S/C20H10O11/c21-7-1-2-9(15(25)13(7)23)29-10-4-6-12-11-5(19(27)31-18(12)16(10)26)3-8(22)14(24)17(11)30-20(6)28/h1-4,21-26H. The summed E-state index contributed by atoms with van der Waals surface area (Å²) in [5, 5.41) is 59.0. The molecule has 2 heterocycles. The number of phenols is 6. The predicted molar refractivity (Wildman–Crippen MR) is 104 cm³/mol. The zero-order valence-electron chi connectivity index (χ0n) is 15.0. The highest BCUT2D eigenvalue weighted by Crippen LogP contribution is 2.48. The Bertz CT molecular complexity index is 1660. The highest BCUT2D eigenvalue weighted by Gasteiger charge is 2.26. The monoisotopic (exact) mass is 426 g/mol. The van der Waals surface area contributed by atoms with E-state index in [1.165, 1.54) is 0 Å². The molecule has 0 saturated carbocycles. The van der Waals surface area contributed by atoms with Gasteiger partial charge in [0.15, 0.2) is 34.2 Å². The number of hydrogen-bond acceptors (Lipinski definition) is 11. The molecule has 0 fully saturated rings. The quantitative estimate of drug-likeness (QED) is 0.138. The normalized spacial score (nSPS) is 11.6. The molecule has 0 aliphatic rings. The Kier molecular flexibility index (Phi) is 3.45. The third-order valence-electron chi connectivity index (χ3n) is 4.85. The molecule has 156 valence electrons. The number of rotatable bonds is 2. The minimum Gasteiger partial charge on any atom is -0.504 e. The molecule has 6 N–H and O–H groups in total. The molecule has 3 aromatic carbocycles. The Morgan fingerprint density at radius 2 is 1.19 bits per heavy atom. The smallest absolute Gasteiger partial charge is 0.344 e. The Morgan fingerprint density at radius 3 is 1.84 bits per heavy atom. The second kappa shape index (κ2) is 5.86. The van der Waals surface area contributed by atoms with Crippen LogP contribution in [0.2, 0.25) is 0 Å². The zero-order chi connectivity index (χ0) is 22.2. The maximum atomic E-state index is 12.5. The van der Waals surface area contributed by atoms with E-state index < -0.39 is 68.4 Å². The molecule has 0 radical (unpaired) electrons. The van der Waals surface area contributed by atoms with Gasteiger partial charge in [0.05, 0.1) is 10.8 Å². The minimum atomic E-state index is -1.02. The van der Waals surface area contributed by atoms with Gasteiger partial charge in [-0.05, 0) is 18.2 Å². The summed E-state index contributed by atoms with van der Waals surface area (Å²) < 4.78 is 15.6. The SMILES string of the molecule is O=c1oc2c(O)c(Oc3ccc(O)c(O)c3O)cc3c(=O)oc4c(O)c(O)cc1c4c23. The topological polar surface area (TPSA) is 191 Å². The van der Waals surface area contributed by atoms with Crippen LogP contribution in [0.3, 0.4) is 0 Å². The fourth-order valence-corrected chi connectivity index (χ4v) is 3.40. The molecule has 0 aliphatic heterocycles. The van der Waals surface area contributed by atoms with Crippen LogP contribution in [0.25, 0.3) is 32.7 Å². The summed E-state index contributed by atoms with van der Waals surface area (Å²) in [6.45, 7) is 0.